The molecular formula is C18H15N3O4S2. The van der Waals surface area contributed by atoms with Gasteiger partial charge in [-0.05, 0) is 24.1 Å². The average molecular weight is 401 g/mol. The van der Waals surface area contributed by atoms with Gasteiger partial charge in [0.05, 0.1) is 10.4 Å². The van der Waals surface area contributed by atoms with Gasteiger partial charge in [0.15, 0.2) is 10.7 Å². The van der Waals surface area contributed by atoms with Gasteiger partial charge in [-0.15, -0.1) is 11.3 Å². The van der Waals surface area contributed by atoms with Gasteiger partial charge in [-0.25, -0.2) is 18.2 Å². The Morgan fingerprint density at radius 2 is 1.96 bits per heavy atom. The molecule has 0 saturated carbocycles. The highest BCUT2D eigenvalue weighted by molar-refractivity contribution is 7.93. The monoisotopic (exact) mass is 401 g/mol. The van der Waals surface area contributed by atoms with E-state index in [1.165, 1.54) is 34.2 Å². The summed E-state index contributed by atoms with van der Waals surface area (Å²) < 4.78 is 34.1. The maximum absolute atomic E-state index is 12.5. The minimum absolute atomic E-state index is 0.00848. The molecule has 0 atom stereocenters. The molecule has 0 spiro atoms. The number of sulfonamides is 1. The molecule has 0 fully saturated rings. The fraction of sp³-hybridized carbons (Fsp3) is 0.111. The topological polar surface area (TPSA) is 94.2 Å². The van der Waals surface area contributed by atoms with Gasteiger partial charge in [0.25, 0.3) is 10.0 Å². The first-order valence-corrected chi connectivity index (χ1v) is 10.5. The lowest BCUT2D eigenvalue weighted by molar-refractivity contribution is 0.504. The molecule has 2 aromatic heterocycles. The van der Waals surface area contributed by atoms with Gasteiger partial charge in [-0.2, -0.15) is 0 Å². The Hall–Kier alpha value is -2.91. The Balaban J connectivity index is 1.63. The summed E-state index contributed by atoms with van der Waals surface area (Å²) in [5.74, 6) is -0.511. The molecule has 9 heteroatoms. The zero-order valence-electron chi connectivity index (χ0n) is 14.0. The Morgan fingerprint density at radius 1 is 1.15 bits per heavy atom. The van der Waals surface area contributed by atoms with Crippen molar-refractivity contribution < 1.29 is 12.8 Å². The summed E-state index contributed by atoms with van der Waals surface area (Å²) in [6.07, 6.45) is 2.18. The molecule has 0 bridgehead atoms. The molecule has 0 aliphatic rings. The number of fused-ring (bicyclic) bond motifs is 1. The second kappa shape index (κ2) is 7.01. The van der Waals surface area contributed by atoms with Crippen LogP contribution in [0.2, 0.25) is 0 Å². The van der Waals surface area contributed by atoms with Crippen molar-refractivity contribution in [1.82, 2.24) is 9.55 Å². The fourth-order valence-corrected chi connectivity index (χ4v) is 4.56. The van der Waals surface area contributed by atoms with Crippen LogP contribution in [0, 0.1) is 0 Å². The van der Waals surface area contributed by atoms with Gasteiger partial charge in [0.2, 0.25) is 0 Å². The maximum Gasteiger partial charge on any atom is 0.419 e. The number of hydrogen-bond acceptors (Lipinski definition) is 6. The van der Waals surface area contributed by atoms with Crippen LogP contribution in [0.25, 0.3) is 11.1 Å². The van der Waals surface area contributed by atoms with E-state index in [0.29, 0.717) is 18.5 Å². The average Bonchev–Trinajstić information content (AvgIpc) is 3.26. The van der Waals surface area contributed by atoms with E-state index in [1.54, 1.807) is 11.4 Å². The maximum atomic E-state index is 12.5. The van der Waals surface area contributed by atoms with E-state index in [2.05, 4.69) is 9.71 Å². The molecule has 2 aromatic carbocycles. The third-order valence-electron chi connectivity index (χ3n) is 4.07. The quantitative estimate of drug-likeness (QED) is 0.536. The van der Waals surface area contributed by atoms with Crippen LogP contribution in [0.3, 0.4) is 0 Å². The summed E-state index contributed by atoms with van der Waals surface area (Å²) in [7, 11) is -3.81. The van der Waals surface area contributed by atoms with Crippen LogP contribution in [0.4, 0.5) is 5.13 Å². The van der Waals surface area contributed by atoms with Crippen LogP contribution < -0.4 is 10.5 Å². The Bertz CT molecular complexity index is 1230. The predicted octanol–water partition coefficient (Wildman–Crippen LogP) is 3.09. The van der Waals surface area contributed by atoms with Crippen LogP contribution in [-0.4, -0.2) is 18.0 Å². The highest BCUT2D eigenvalue weighted by Crippen LogP contribution is 2.22. The number of nitrogens with zero attached hydrogens (tertiary/aromatic N) is 2. The lowest BCUT2D eigenvalue weighted by Crippen LogP contribution is -2.15. The molecule has 0 saturated heterocycles. The molecular weight excluding hydrogens is 386 g/mol. The fourth-order valence-electron chi connectivity index (χ4n) is 2.76. The third kappa shape index (κ3) is 3.64. The van der Waals surface area contributed by atoms with E-state index in [-0.39, 0.29) is 15.6 Å². The predicted molar refractivity (Wildman–Crippen MR) is 104 cm³/mol. The zero-order chi connectivity index (χ0) is 18.9. The minimum Gasteiger partial charge on any atom is -0.408 e. The van der Waals surface area contributed by atoms with E-state index >= 15 is 0 Å². The van der Waals surface area contributed by atoms with Crippen molar-refractivity contribution >= 4 is 37.6 Å². The van der Waals surface area contributed by atoms with E-state index < -0.39 is 15.8 Å². The highest BCUT2D eigenvalue weighted by atomic mass is 32.2. The van der Waals surface area contributed by atoms with Crippen molar-refractivity contribution in [3.8, 4) is 0 Å². The number of aromatic nitrogens is 2. The summed E-state index contributed by atoms with van der Waals surface area (Å²) in [5.41, 5.74) is 1.89. The number of aryl methyl sites for hydroxylation is 2. The first-order chi connectivity index (χ1) is 13.0. The van der Waals surface area contributed by atoms with Crippen LogP contribution in [-0.2, 0) is 23.0 Å². The number of anilines is 1. The van der Waals surface area contributed by atoms with E-state index in [9.17, 15) is 13.2 Å². The molecule has 0 radical (unpaired) electrons. The van der Waals surface area contributed by atoms with Crippen molar-refractivity contribution in [2.45, 2.75) is 17.9 Å². The van der Waals surface area contributed by atoms with Crippen LogP contribution in [0.15, 0.2) is 74.2 Å². The SMILES string of the molecule is O=c1oc2cc(S(=O)(=O)Nc3nccs3)ccc2n1CCc1ccccc1. The molecule has 27 heavy (non-hydrogen) atoms. The number of hydrogen-bond donors (Lipinski definition) is 1. The van der Waals surface area contributed by atoms with Crippen molar-refractivity contribution in [2.75, 3.05) is 4.72 Å². The molecule has 0 unspecified atom stereocenters. The summed E-state index contributed by atoms with van der Waals surface area (Å²) in [4.78, 5) is 16.1. The second-order valence-corrected chi connectivity index (χ2v) is 8.40. The van der Waals surface area contributed by atoms with Crippen molar-refractivity contribution in [2.24, 2.45) is 0 Å². The summed E-state index contributed by atoms with van der Waals surface area (Å²) in [6.45, 7) is 0.444. The van der Waals surface area contributed by atoms with Gasteiger partial charge in [-0.1, -0.05) is 30.3 Å². The van der Waals surface area contributed by atoms with Gasteiger partial charge in [0, 0.05) is 24.2 Å². The van der Waals surface area contributed by atoms with E-state index in [0.717, 1.165) is 5.56 Å². The lowest BCUT2D eigenvalue weighted by Gasteiger charge is -2.06. The van der Waals surface area contributed by atoms with E-state index in [1.807, 2.05) is 30.3 Å². The van der Waals surface area contributed by atoms with Crippen molar-refractivity contribution in [1.29, 1.82) is 0 Å². The molecule has 1 N–H and O–H groups in total. The lowest BCUT2D eigenvalue weighted by atomic mass is 10.1. The second-order valence-electron chi connectivity index (χ2n) is 5.83. The largest absolute Gasteiger partial charge is 0.419 e. The minimum atomic E-state index is -3.81. The number of nitrogens with one attached hydrogen (secondary N) is 1. The van der Waals surface area contributed by atoms with Crippen LogP contribution in [0.5, 0.6) is 0 Å². The summed E-state index contributed by atoms with van der Waals surface area (Å²) in [5, 5.41) is 1.95. The van der Waals surface area contributed by atoms with Crippen molar-refractivity contribution in [3.63, 3.8) is 0 Å². The summed E-state index contributed by atoms with van der Waals surface area (Å²) in [6, 6.07) is 14.2. The third-order valence-corrected chi connectivity index (χ3v) is 6.23. The Kier molecular flexibility index (Phi) is 4.54. The molecule has 0 aliphatic carbocycles. The van der Waals surface area contributed by atoms with Crippen LogP contribution >= 0.6 is 11.3 Å². The number of benzene rings is 2. The molecule has 2 heterocycles. The smallest absolute Gasteiger partial charge is 0.408 e. The molecule has 4 aromatic rings. The van der Waals surface area contributed by atoms with Gasteiger partial charge < -0.3 is 4.42 Å². The standard InChI is InChI=1S/C18H15N3O4S2/c22-18-21(10-8-13-4-2-1-3-5-13)15-7-6-14(12-16(15)25-18)27(23,24)20-17-19-9-11-26-17/h1-7,9,11-12H,8,10H2,(H,19,20). The van der Waals surface area contributed by atoms with Crippen molar-refractivity contribution in [3.05, 3.63) is 76.2 Å². The molecule has 0 aliphatic heterocycles. The molecule has 4 rings (SSSR count). The first-order valence-electron chi connectivity index (χ1n) is 8.12. The van der Waals surface area contributed by atoms with Crippen LogP contribution in [0.1, 0.15) is 5.56 Å². The van der Waals surface area contributed by atoms with Gasteiger partial charge >= 0.3 is 5.76 Å². The summed E-state index contributed by atoms with van der Waals surface area (Å²) >= 11 is 1.18. The number of oxazole rings is 1. The Labute approximate surface area is 159 Å². The Morgan fingerprint density at radius 3 is 2.70 bits per heavy atom. The zero-order valence-corrected chi connectivity index (χ0v) is 15.7. The van der Waals surface area contributed by atoms with Gasteiger partial charge in [-0.3, -0.25) is 9.29 Å². The number of thiazole rings is 1. The first kappa shape index (κ1) is 17.5. The number of rotatable bonds is 6. The highest BCUT2D eigenvalue weighted by Gasteiger charge is 2.18. The van der Waals surface area contributed by atoms with Gasteiger partial charge in [0.1, 0.15) is 0 Å². The normalized spacial score (nSPS) is 11.7. The molecule has 0 amide bonds. The van der Waals surface area contributed by atoms with E-state index in [4.69, 9.17) is 4.42 Å². The molecule has 138 valence electrons. The molecule has 7 nitrogen and oxygen atoms in total.